The molecule has 0 aromatic heterocycles. The van der Waals surface area contributed by atoms with Crippen LogP contribution in [0.3, 0.4) is 0 Å². The van der Waals surface area contributed by atoms with Crippen molar-refractivity contribution in [3.05, 3.63) is 33.3 Å². The molecule has 2 amide bonds. The largest absolute Gasteiger partial charge is 0.336 e. The van der Waals surface area contributed by atoms with Gasteiger partial charge in [0.2, 0.25) is 11.8 Å². The number of carbonyl (C=O) groups is 2. The van der Waals surface area contributed by atoms with Gasteiger partial charge in [0.1, 0.15) is 6.54 Å². The number of rotatable bonds is 2. The van der Waals surface area contributed by atoms with E-state index in [1.54, 1.807) is 27.6 Å². The first kappa shape index (κ1) is 15.0. The number of halogens is 2. The van der Waals surface area contributed by atoms with Crippen molar-refractivity contribution in [3.63, 3.8) is 0 Å². The van der Waals surface area contributed by atoms with E-state index in [0.29, 0.717) is 34.8 Å². The van der Waals surface area contributed by atoms with Gasteiger partial charge in [0.25, 0.3) is 0 Å². The summed E-state index contributed by atoms with van der Waals surface area (Å²) < 4.78 is 0. The number of fused-ring (bicyclic) bond motifs is 1. The minimum atomic E-state index is -0.0207. The molecule has 1 fully saturated rings. The van der Waals surface area contributed by atoms with Gasteiger partial charge in [-0.3, -0.25) is 9.59 Å². The highest BCUT2D eigenvalue weighted by molar-refractivity contribution is 8.00. The maximum Gasteiger partial charge on any atom is 0.242 e. The summed E-state index contributed by atoms with van der Waals surface area (Å²) in [6, 6.07) is 3.60. The van der Waals surface area contributed by atoms with Crippen LogP contribution in [0, 0.1) is 0 Å². The Hall–Kier alpha value is -0.910. The average molecular weight is 345 g/mol. The molecule has 7 heteroatoms. The van der Waals surface area contributed by atoms with Gasteiger partial charge in [-0.1, -0.05) is 23.2 Å². The zero-order valence-electron chi connectivity index (χ0n) is 11.3. The third-order valence-corrected chi connectivity index (χ3v) is 5.25. The van der Waals surface area contributed by atoms with Crippen LogP contribution in [-0.4, -0.2) is 46.3 Å². The van der Waals surface area contributed by atoms with Crippen molar-refractivity contribution >= 4 is 46.8 Å². The molecule has 0 N–H and O–H groups in total. The normalized spacial score (nSPS) is 18.1. The van der Waals surface area contributed by atoms with Crippen molar-refractivity contribution in [2.24, 2.45) is 0 Å². The molecule has 0 bridgehead atoms. The van der Waals surface area contributed by atoms with E-state index in [9.17, 15) is 9.59 Å². The zero-order valence-corrected chi connectivity index (χ0v) is 13.6. The fourth-order valence-corrected chi connectivity index (χ4v) is 4.16. The Morgan fingerprint density at radius 3 is 2.86 bits per heavy atom. The third kappa shape index (κ3) is 3.15. The lowest BCUT2D eigenvalue weighted by molar-refractivity contribution is -0.138. The van der Waals surface area contributed by atoms with Gasteiger partial charge in [-0.05, 0) is 29.7 Å². The first-order valence-electron chi connectivity index (χ1n) is 6.64. The molecule has 3 rings (SSSR count). The number of hydrogen-bond donors (Lipinski definition) is 0. The summed E-state index contributed by atoms with van der Waals surface area (Å²) in [6.45, 7) is 1.29. The van der Waals surface area contributed by atoms with E-state index < -0.39 is 0 Å². The fraction of sp³-hybridized carbons (Fsp3) is 0.429. The van der Waals surface area contributed by atoms with Crippen LogP contribution in [0.15, 0.2) is 12.1 Å². The van der Waals surface area contributed by atoms with Gasteiger partial charge in [-0.25, -0.2) is 0 Å². The Kier molecular flexibility index (Phi) is 4.33. The summed E-state index contributed by atoms with van der Waals surface area (Å²) in [5, 5.41) is 1.25. The minimum absolute atomic E-state index is 0.0207. The van der Waals surface area contributed by atoms with Crippen molar-refractivity contribution in [1.29, 1.82) is 0 Å². The molecule has 0 atom stereocenters. The standard InChI is InChI=1S/C14H14Cl2N2O2S/c15-10-3-9-5-17(2-1-11(9)12(16)4-10)13(19)6-18-8-21-7-14(18)20/h3-4H,1-2,5-8H2. The van der Waals surface area contributed by atoms with Crippen LogP contribution in [0.4, 0.5) is 0 Å². The molecule has 112 valence electrons. The molecular formula is C14H14Cl2N2O2S. The van der Waals surface area contributed by atoms with Gasteiger partial charge < -0.3 is 9.80 Å². The van der Waals surface area contributed by atoms with E-state index >= 15 is 0 Å². The monoisotopic (exact) mass is 344 g/mol. The van der Waals surface area contributed by atoms with Crippen LogP contribution < -0.4 is 0 Å². The molecule has 2 heterocycles. The number of carbonyl (C=O) groups excluding carboxylic acids is 2. The lowest BCUT2D eigenvalue weighted by Crippen LogP contribution is -2.43. The predicted molar refractivity (Wildman–Crippen MR) is 84.6 cm³/mol. The van der Waals surface area contributed by atoms with Crippen LogP contribution >= 0.6 is 35.0 Å². The van der Waals surface area contributed by atoms with Crippen LogP contribution in [0.25, 0.3) is 0 Å². The maximum absolute atomic E-state index is 12.3. The third-order valence-electron chi connectivity index (χ3n) is 3.75. The van der Waals surface area contributed by atoms with E-state index in [-0.39, 0.29) is 18.4 Å². The summed E-state index contributed by atoms with van der Waals surface area (Å²) >= 11 is 13.8. The molecule has 1 aromatic carbocycles. The summed E-state index contributed by atoms with van der Waals surface area (Å²) in [4.78, 5) is 27.3. The van der Waals surface area contributed by atoms with Crippen LogP contribution in [0.1, 0.15) is 11.1 Å². The second-order valence-corrected chi connectivity index (χ2v) is 6.96. The smallest absolute Gasteiger partial charge is 0.242 e. The Morgan fingerprint density at radius 1 is 1.33 bits per heavy atom. The summed E-state index contributed by atoms with van der Waals surface area (Å²) in [7, 11) is 0. The lowest BCUT2D eigenvalue weighted by Gasteiger charge is -2.30. The first-order chi connectivity index (χ1) is 10.0. The molecular weight excluding hydrogens is 331 g/mol. The highest BCUT2D eigenvalue weighted by atomic mass is 35.5. The number of nitrogens with zero attached hydrogens (tertiary/aromatic N) is 2. The van der Waals surface area contributed by atoms with E-state index in [1.807, 2.05) is 6.07 Å². The topological polar surface area (TPSA) is 40.6 Å². The molecule has 2 aliphatic rings. The first-order valence-corrected chi connectivity index (χ1v) is 8.56. The molecule has 0 radical (unpaired) electrons. The van der Waals surface area contributed by atoms with Crippen molar-refractivity contribution in [2.45, 2.75) is 13.0 Å². The quantitative estimate of drug-likeness (QED) is 0.827. The highest BCUT2D eigenvalue weighted by Crippen LogP contribution is 2.30. The average Bonchev–Trinajstić information content (AvgIpc) is 2.83. The van der Waals surface area contributed by atoms with Gasteiger partial charge in [0, 0.05) is 23.1 Å². The van der Waals surface area contributed by atoms with E-state index in [4.69, 9.17) is 23.2 Å². The van der Waals surface area contributed by atoms with Crippen molar-refractivity contribution in [3.8, 4) is 0 Å². The Labute approximate surface area is 137 Å². The van der Waals surface area contributed by atoms with E-state index in [0.717, 1.165) is 17.5 Å². The second-order valence-electron chi connectivity index (χ2n) is 5.16. The van der Waals surface area contributed by atoms with Crippen molar-refractivity contribution < 1.29 is 9.59 Å². The van der Waals surface area contributed by atoms with Gasteiger partial charge in [-0.2, -0.15) is 0 Å². The van der Waals surface area contributed by atoms with Gasteiger partial charge in [0.05, 0.1) is 11.6 Å². The fourth-order valence-electron chi connectivity index (χ4n) is 2.63. The second kappa shape index (κ2) is 6.07. The Morgan fingerprint density at radius 2 is 2.14 bits per heavy atom. The molecule has 1 saturated heterocycles. The predicted octanol–water partition coefficient (Wildman–Crippen LogP) is 2.41. The van der Waals surface area contributed by atoms with Gasteiger partial charge in [-0.15, -0.1) is 11.8 Å². The maximum atomic E-state index is 12.3. The summed E-state index contributed by atoms with van der Waals surface area (Å²) in [6.07, 6.45) is 0.722. The van der Waals surface area contributed by atoms with Crippen LogP contribution in [0.5, 0.6) is 0 Å². The van der Waals surface area contributed by atoms with Crippen molar-refractivity contribution in [2.75, 3.05) is 24.7 Å². The molecule has 2 aliphatic heterocycles. The number of thioether (sulfide) groups is 1. The van der Waals surface area contributed by atoms with E-state index in [1.165, 1.54) is 0 Å². The van der Waals surface area contributed by atoms with Gasteiger partial charge >= 0.3 is 0 Å². The summed E-state index contributed by atoms with van der Waals surface area (Å²) in [5.41, 5.74) is 2.06. The number of amides is 2. The molecule has 21 heavy (non-hydrogen) atoms. The summed E-state index contributed by atoms with van der Waals surface area (Å²) in [5.74, 6) is 1.10. The lowest BCUT2D eigenvalue weighted by atomic mass is 9.99. The van der Waals surface area contributed by atoms with Crippen LogP contribution in [-0.2, 0) is 22.6 Å². The van der Waals surface area contributed by atoms with E-state index in [2.05, 4.69) is 0 Å². The number of hydrogen-bond acceptors (Lipinski definition) is 3. The molecule has 4 nitrogen and oxygen atoms in total. The molecule has 0 saturated carbocycles. The minimum Gasteiger partial charge on any atom is -0.336 e. The molecule has 0 spiro atoms. The SMILES string of the molecule is O=C1CSCN1CC(=O)N1CCc2c(Cl)cc(Cl)cc2C1. The van der Waals surface area contributed by atoms with Gasteiger partial charge in [0.15, 0.2) is 0 Å². The highest BCUT2D eigenvalue weighted by Gasteiger charge is 2.27. The Bertz CT molecular complexity index is 609. The Balaban J connectivity index is 1.71. The molecule has 1 aromatic rings. The van der Waals surface area contributed by atoms with Crippen LogP contribution in [0.2, 0.25) is 10.0 Å². The molecule has 0 unspecified atom stereocenters. The van der Waals surface area contributed by atoms with Crippen molar-refractivity contribution in [1.82, 2.24) is 9.80 Å². The zero-order chi connectivity index (χ0) is 15.0. The molecule has 0 aliphatic carbocycles. The number of benzene rings is 1.